The van der Waals surface area contributed by atoms with Gasteiger partial charge in [-0.2, -0.15) is 0 Å². The van der Waals surface area contributed by atoms with E-state index < -0.39 is 0 Å². The number of hydrogen-bond acceptors (Lipinski definition) is 4. The van der Waals surface area contributed by atoms with Crippen LogP contribution in [0.15, 0.2) is 0 Å². The summed E-state index contributed by atoms with van der Waals surface area (Å²) < 4.78 is 11.5. The van der Waals surface area contributed by atoms with Gasteiger partial charge in [0.25, 0.3) is 0 Å². The van der Waals surface area contributed by atoms with Gasteiger partial charge in [0.2, 0.25) is 0 Å². The van der Waals surface area contributed by atoms with Crippen molar-refractivity contribution in [3.8, 4) is 0 Å². The molecule has 3 atom stereocenters. The minimum atomic E-state index is -0.0235. The summed E-state index contributed by atoms with van der Waals surface area (Å²) in [6, 6.07) is 0.520. The van der Waals surface area contributed by atoms with E-state index in [4.69, 9.17) is 9.47 Å². The largest absolute Gasteiger partial charge is 0.396 e. The summed E-state index contributed by atoms with van der Waals surface area (Å²) in [5.74, 6) is 0.472. The molecular formula is C12H21NO3. The lowest BCUT2D eigenvalue weighted by Gasteiger charge is -2.35. The first kappa shape index (κ1) is 11.0. The van der Waals surface area contributed by atoms with Crippen LogP contribution in [0.3, 0.4) is 0 Å². The molecule has 0 amide bonds. The van der Waals surface area contributed by atoms with Crippen LogP contribution in [0, 0.1) is 5.92 Å². The van der Waals surface area contributed by atoms with Gasteiger partial charge in [-0.3, -0.25) is 4.90 Å². The van der Waals surface area contributed by atoms with Gasteiger partial charge >= 0.3 is 0 Å². The lowest BCUT2D eigenvalue weighted by Crippen LogP contribution is -2.49. The van der Waals surface area contributed by atoms with Gasteiger partial charge in [-0.15, -0.1) is 0 Å². The average Bonchev–Trinajstić information content (AvgIpc) is 3.01. The molecule has 0 bridgehead atoms. The quantitative estimate of drug-likeness (QED) is 0.734. The second-order valence-electron chi connectivity index (χ2n) is 5.35. The van der Waals surface area contributed by atoms with E-state index in [9.17, 15) is 5.11 Å². The summed E-state index contributed by atoms with van der Waals surface area (Å²) in [6.07, 6.45) is 3.30. The molecule has 3 unspecified atom stereocenters. The van der Waals surface area contributed by atoms with E-state index in [1.165, 1.54) is 0 Å². The zero-order valence-electron chi connectivity index (χ0n) is 9.73. The minimum absolute atomic E-state index is 0.0235. The third-order valence-electron chi connectivity index (χ3n) is 4.42. The molecule has 1 spiro atoms. The van der Waals surface area contributed by atoms with Gasteiger partial charge in [0.1, 0.15) is 5.60 Å². The molecule has 0 aromatic heterocycles. The second kappa shape index (κ2) is 4.26. The Hall–Kier alpha value is -0.160. The Morgan fingerprint density at radius 2 is 2.25 bits per heavy atom. The summed E-state index contributed by atoms with van der Waals surface area (Å²) in [5.41, 5.74) is -0.0235. The normalized spacial score (nSPS) is 44.8. The first-order valence-corrected chi connectivity index (χ1v) is 6.41. The SMILES string of the molecule is OCC1CCN(C2CCOC23CCOC3)C1. The fourth-order valence-electron chi connectivity index (χ4n) is 3.48. The number of likely N-dealkylation sites (tertiary alicyclic amines) is 1. The highest BCUT2D eigenvalue weighted by Gasteiger charge is 2.50. The highest BCUT2D eigenvalue weighted by atomic mass is 16.6. The molecule has 4 heteroatoms. The zero-order valence-corrected chi connectivity index (χ0v) is 9.73. The van der Waals surface area contributed by atoms with Gasteiger partial charge in [-0.1, -0.05) is 0 Å². The molecular weight excluding hydrogens is 206 g/mol. The minimum Gasteiger partial charge on any atom is -0.396 e. The van der Waals surface area contributed by atoms with Crippen LogP contribution in [0.4, 0.5) is 0 Å². The Bertz CT molecular complexity index is 247. The van der Waals surface area contributed by atoms with E-state index in [1.54, 1.807) is 0 Å². The molecule has 3 fully saturated rings. The van der Waals surface area contributed by atoms with E-state index in [-0.39, 0.29) is 5.60 Å². The molecule has 0 saturated carbocycles. The standard InChI is InChI=1S/C12H21NO3/c14-8-10-1-4-13(7-10)11-2-5-16-12(11)3-6-15-9-12/h10-11,14H,1-9H2. The Labute approximate surface area is 96.5 Å². The smallest absolute Gasteiger partial charge is 0.109 e. The van der Waals surface area contributed by atoms with Crippen LogP contribution < -0.4 is 0 Å². The highest BCUT2D eigenvalue weighted by molar-refractivity contribution is 5.02. The Kier molecular flexibility index (Phi) is 2.92. The van der Waals surface area contributed by atoms with E-state index in [0.717, 1.165) is 52.2 Å². The van der Waals surface area contributed by atoms with Gasteiger partial charge < -0.3 is 14.6 Å². The lowest BCUT2D eigenvalue weighted by molar-refractivity contribution is -0.0402. The Morgan fingerprint density at radius 1 is 1.31 bits per heavy atom. The summed E-state index contributed by atoms with van der Waals surface area (Å²) >= 11 is 0. The van der Waals surface area contributed by atoms with Crippen LogP contribution in [0.25, 0.3) is 0 Å². The fraction of sp³-hybridized carbons (Fsp3) is 1.00. The molecule has 0 aliphatic carbocycles. The third-order valence-corrected chi connectivity index (χ3v) is 4.42. The van der Waals surface area contributed by atoms with Crippen molar-refractivity contribution in [3.63, 3.8) is 0 Å². The molecule has 3 saturated heterocycles. The van der Waals surface area contributed by atoms with Crippen LogP contribution in [-0.4, -0.2) is 61.2 Å². The fourth-order valence-corrected chi connectivity index (χ4v) is 3.48. The van der Waals surface area contributed by atoms with Crippen molar-refractivity contribution in [2.75, 3.05) is 39.5 Å². The van der Waals surface area contributed by atoms with Crippen LogP contribution in [0.2, 0.25) is 0 Å². The summed E-state index contributed by atoms with van der Waals surface area (Å²) in [7, 11) is 0. The van der Waals surface area contributed by atoms with Crippen molar-refractivity contribution in [3.05, 3.63) is 0 Å². The van der Waals surface area contributed by atoms with Crippen LogP contribution in [-0.2, 0) is 9.47 Å². The van der Waals surface area contributed by atoms with E-state index in [2.05, 4.69) is 4.90 Å². The van der Waals surface area contributed by atoms with Crippen molar-refractivity contribution >= 4 is 0 Å². The Balaban J connectivity index is 1.69. The first-order valence-electron chi connectivity index (χ1n) is 6.41. The monoisotopic (exact) mass is 227 g/mol. The van der Waals surface area contributed by atoms with Crippen molar-refractivity contribution in [2.24, 2.45) is 5.92 Å². The Morgan fingerprint density at radius 3 is 2.94 bits per heavy atom. The average molecular weight is 227 g/mol. The van der Waals surface area contributed by atoms with Gasteiger partial charge in [-0.05, 0) is 25.3 Å². The maximum atomic E-state index is 9.20. The summed E-state index contributed by atoms with van der Waals surface area (Å²) in [6.45, 7) is 4.95. The lowest BCUT2D eigenvalue weighted by atomic mass is 9.92. The molecule has 1 N–H and O–H groups in total. The molecule has 3 aliphatic rings. The van der Waals surface area contributed by atoms with Gasteiger partial charge in [-0.25, -0.2) is 0 Å². The van der Waals surface area contributed by atoms with Gasteiger partial charge in [0, 0.05) is 38.8 Å². The molecule has 0 aromatic rings. The van der Waals surface area contributed by atoms with Crippen LogP contribution in [0.1, 0.15) is 19.3 Å². The molecule has 3 rings (SSSR count). The molecule has 3 heterocycles. The molecule has 16 heavy (non-hydrogen) atoms. The predicted octanol–water partition coefficient (Wildman–Crippen LogP) is 0.249. The number of aliphatic hydroxyl groups is 1. The van der Waals surface area contributed by atoms with Crippen molar-refractivity contribution in [1.29, 1.82) is 0 Å². The van der Waals surface area contributed by atoms with Crippen molar-refractivity contribution < 1.29 is 14.6 Å². The third kappa shape index (κ3) is 1.68. The van der Waals surface area contributed by atoms with E-state index >= 15 is 0 Å². The van der Waals surface area contributed by atoms with E-state index in [0.29, 0.717) is 18.6 Å². The van der Waals surface area contributed by atoms with Gasteiger partial charge in [0.05, 0.1) is 6.61 Å². The number of aliphatic hydroxyl groups excluding tert-OH is 1. The maximum Gasteiger partial charge on any atom is 0.109 e. The number of ether oxygens (including phenoxy) is 2. The molecule has 4 nitrogen and oxygen atoms in total. The topological polar surface area (TPSA) is 41.9 Å². The van der Waals surface area contributed by atoms with Crippen molar-refractivity contribution in [1.82, 2.24) is 4.90 Å². The maximum absolute atomic E-state index is 9.20. The van der Waals surface area contributed by atoms with Crippen LogP contribution in [0.5, 0.6) is 0 Å². The molecule has 3 aliphatic heterocycles. The summed E-state index contributed by atoms with van der Waals surface area (Å²) in [5, 5.41) is 9.20. The second-order valence-corrected chi connectivity index (χ2v) is 5.35. The van der Waals surface area contributed by atoms with Crippen molar-refractivity contribution in [2.45, 2.75) is 30.9 Å². The van der Waals surface area contributed by atoms with Crippen LogP contribution >= 0.6 is 0 Å². The van der Waals surface area contributed by atoms with Gasteiger partial charge in [0.15, 0.2) is 0 Å². The molecule has 92 valence electrons. The number of nitrogens with zero attached hydrogens (tertiary/aromatic N) is 1. The number of hydrogen-bond donors (Lipinski definition) is 1. The predicted molar refractivity (Wildman–Crippen MR) is 59.3 cm³/mol. The first-order chi connectivity index (χ1) is 7.84. The van der Waals surface area contributed by atoms with E-state index in [1.807, 2.05) is 0 Å². The summed E-state index contributed by atoms with van der Waals surface area (Å²) in [4.78, 5) is 2.52. The molecule has 0 radical (unpaired) electrons. The number of rotatable bonds is 2. The highest BCUT2D eigenvalue weighted by Crippen LogP contribution is 2.38. The zero-order chi connectivity index (χ0) is 11.0. The molecule has 0 aromatic carbocycles.